The van der Waals surface area contributed by atoms with Gasteiger partial charge in [-0.25, -0.2) is 0 Å². The summed E-state index contributed by atoms with van der Waals surface area (Å²) in [5.74, 6) is 6.63. The molecule has 0 radical (unpaired) electrons. The molecule has 0 spiro atoms. The van der Waals surface area contributed by atoms with Crippen LogP contribution in [-0.2, 0) is 0 Å². The van der Waals surface area contributed by atoms with E-state index in [1.54, 1.807) is 0 Å². The predicted molar refractivity (Wildman–Crippen MR) is 83.6 cm³/mol. The van der Waals surface area contributed by atoms with Gasteiger partial charge in [-0.2, -0.15) is 0 Å². The number of allylic oxidation sites excluding steroid dienone is 3. The Morgan fingerprint density at radius 1 is 1.00 bits per heavy atom. The van der Waals surface area contributed by atoms with Crippen molar-refractivity contribution < 1.29 is 0 Å². The van der Waals surface area contributed by atoms with Crippen molar-refractivity contribution in [3.8, 4) is 11.8 Å². The molecule has 0 aliphatic rings. The van der Waals surface area contributed by atoms with Gasteiger partial charge in [-0.15, -0.1) is 0 Å². The summed E-state index contributed by atoms with van der Waals surface area (Å²) in [6, 6.07) is 0. The van der Waals surface area contributed by atoms with Gasteiger partial charge in [0.15, 0.2) is 0 Å². The highest BCUT2D eigenvalue weighted by Gasteiger charge is 1.99. The first kappa shape index (κ1) is 17.0. The fraction of sp³-hybridized carbons (Fsp3) is 0.667. The summed E-state index contributed by atoms with van der Waals surface area (Å²) in [6.45, 7) is 10.9. The Morgan fingerprint density at radius 2 is 1.67 bits per heavy atom. The first-order valence-corrected chi connectivity index (χ1v) is 7.63. The van der Waals surface area contributed by atoms with Gasteiger partial charge in [-0.05, 0) is 31.3 Å². The Hall–Kier alpha value is -0.960. The van der Waals surface area contributed by atoms with E-state index in [1.807, 2.05) is 0 Å². The third kappa shape index (κ3) is 9.11. The summed E-state index contributed by atoms with van der Waals surface area (Å²) in [4.78, 5) is 0. The van der Waals surface area contributed by atoms with Crippen LogP contribution in [0.2, 0.25) is 0 Å². The zero-order valence-electron chi connectivity index (χ0n) is 12.6. The van der Waals surface area contributed by atoms with Gasteiger partial charge in [0.05, 0.1) is 0 Å². The van der Waals surface area contributed by atoms with Gasteiger partial charge in [0.2, 0.25) is 0 Å². The van der Waals surface area contributed by atoms with Crippen molar-refractivity contribution >= 4 is 0 Å². The van der Waals surface area contributed by atoms with E-state index >= 15 is 0 Å². The number of rotatable bonds is 9. The Bertz CT molecular complexity index is 296. The second-order valence-corrected chi connectivity index (χ2v) is 4.87. The molecular weight excluding hydrogens is 216 g/mol. The molecule has 0 nitrogen and oxygen atoms in total. The Morgan fingerprint density at radius 3 is 2.28 bits per heavy atom. The van der Waals surface area contributed by atoms with Crippen LogP contribution >= 0.6 is 0 Å². The summed E-state index contributed by atoms with van der Waals surface area (Å²) in [5, 5.41) is 0. The molecule has 0 aromatic carbocycles. The molecule has 0 rings (SSSR count). The van der Waals surface area contributed by atoms with E-state index in [-0.39, 0.29) is 0 Å². The summed E-state index contributed by atoms with van der Waals surface area (Å²) in [5.41, 5.74) is 2.44. The third-order valence-corrected chi connectivity index (χ3v) is 3.00. The molecular formula is C18H30. The van der Waals surface area contributed by atoms with E-state index < -0.39 is 0 Å². The van der Waals surface area contributed by atoms with Crippen LogP contribution in [0.15, 0.2) is 23.8 Å². The average molecular weight is 246 g/mol. The van der Waals surface area contributed by atoms with Gasteiger partial charge >= 0.3 is 0 Å². The Labute approximate surface area is 115 Å². The lowest BCUT2D eigenvalue weighted by Gasteiger charge is -2.04. The van der Waals surface area contributed by atoms with Gasteiger partial charge in [0.25, 0.3) is 0 Å². The molecule has 0 heterocycles. The van der Waals surface area contributed by atoms with Crippen molar-refractivity contribution in [1.82, 2.24) is 0 Å². The van der Waals surface area contributed by atoms with Crippen molar-refractivity contribution in [3.05, 3.63) is 23.8 Å². The molecule has 0 fully saturated rings. The first-order valence-electron chi connectivity index (χ1n) is 7.63. The molecule has 0 atom stereocenters. The van der Waals surface area contributed by atoms with E-state index in [9.17, 15) is 0 Å². The maximum absolute atomic E-state index is 4.20. The lowest BCUT2D eigenvalue weighted by Crippen LogP contribution is -1.87. The maximum atomic E-state index is 4.20. The fourth-order valence-electron chi connectivity index (χ4n) is 1.68. The van der Waals surface area contributed by atoms with Crippen LogP contribution in [0.4, 0.5) is 0 Å². The number of hydrogen-bond donors (Lipinski definition) is 0. The maximum Gasteiger partial charge on any atom is 0.0231 e. The fourth-order valence-corrected chi connectivity index (χ4v) is 1.68. The lowest BCUT2D eigenvalue weighted by atomic mass is 10.0. The Kier molecular flexibility index (Phi) is 11.8. The molecule has 0 aliphatic heterocycles. The summed E-state index contributed by atoms with van der Waals surface area (Å²) < 4.78 is 0. The van der Waals surface area contributed by atoms with Gasteiger partial charge in [0.1, 0.15) is 0 Å². The largest absolute Gasteiger partial charge is 0.0979 e. The Balaban J connectivity index is 4.43. The van der Waals surface area contributed by atoms with E-state index in [0.29, 0.717) is 0 Å². The van der Waals surface area contributed by atoms with E-state index in [0.717, 1.165) is 19.3 Å². The molecule has 0 saturated heterocycles. The van der Waals surface area contributed by atoms with E-state index in [1.165, 1.54) is 49.7 Å². The van der Waals surface area contributed by atoms with Gasteiger partial charge in [-0.3, -0.25) is 0 Å². The van der Waals surface area contributed by atoms with Crippen LogP contribution in [0.25, 0.3) is 0 Å². The summed E-state index contributed by atoms with van der Waals surface area (Å²) >= 11 is 0. The van der Waals surface area contributed by atoms with Crippen LogP contribution in [0.1, 0.15) is 78.6 Å². The topological polar surface area (TPSA) is 0 Å². The number of unbranched alkanes of at least 4 members (excludes halogenated alkanes) is 5. The van der Waals surface area contributed by atoms with Gasteiger partial charge in [-0.1, -0.05) is 71.0 Å². The monoisotopic (exact) mass is 246 g/mol. The number of hydrogen-bond acceptors (Lipinski definition) is 0. The van der Waals surface area contributed by atoms with Crippen LogP contribution < -0.4 is 0 Å². The molecule has 0 bridgehead atoms. The van der Waals surface area contributed by atoms with Crippen molar-refractivity contribution in [2.24, 2.45) is 0 Å². The minimum absolute atomic E-state index is 1.02. The molecule has 0 aliphatic carbocycles. The lowest BCUT2D eigenvalue weighted by molar-refractivity contribution is 0.789. The van der Waals surface area contributed by atoms with Crippen LogP contribution in [-0.4, -0.2) is 0 Å². The van der Waals surface area contributed by atoms with Crippen molar-refractivity contribution in [3.63, 3.8) is 0 Å². The van der Waals surface area contributed by atoms with Crippen LogP contribution in [0, 0.1) is 11.8 Å². The summed E-state index contributed by atoms with van der Waals surface area (Å²) in [7, 11) is 0. The smallest absolute Gasteiger partial charge is 0.0231 e. The quantitative estimate of drug-likeness (QED) is 0.264. The molecule has 0 aromatic rings. The summed E-state index contributed by atoms with van der Waals surface area (Å²) in [6.07, 6.45) is 12.9. The van der Waals surface area contributed by atoms with Crippen LogP contribution in [0.3, 0.4) is 0 Å². The molecule has 0 unspecified atom stereocenters. The minimum atomic E-state index is 1.02. The van der Waals surface area contributed by atoms with E-state index in [4.69, 9.17) is 0 Å². The predicted octanol–water partition coefficient (Wildman–Crippen LogP) is 6.04. The molecule has 0 saturated carbocycles. The standard InChI is InChI=1S/C18H30/c1-5-8-11-13-16-18(15-12-9-6-2)17(4)14-10-7-3/h15H,4-12,14H2,1-3H3/b18-15-. The normalized spacial score (nSPS) is 10.9. The SMILES string of the molecule is C=C(CCCC)/C(C#CCCCC)=C\CCCC. The zero-order chi connectivity index (χ0) is 13.6. The highest BCUT2D eigenvalue weighted by atomic mass is 14.0. The third-order valence-electron chi connectivity index (χ3n) is 3.00. The van der Waals surface area contributed by atoms with Gasteiger partial charge < -0.3 is 0 Å². The zero-order valence-corrected chi connectivity index (χ0v) is 12.6. The molecule has 0 aromatic heterocycles. The molecule has 0 heteroatoms. The molecule has 0 amide bonds. The highest BCUT2D eigenvalue weighted by molar-refractivity contribution is 5.44. The molecule has 0 N–H and O–H groups in total. The van der Waals surface area contributed by atoms with Crippen molar-refractivity contribution in [1.29, 1.82) is 0 Å². The second kappa shape index (κ2) is 12.5. The second-order valence-electron chi connectivity index (χ2n) is 4.87. The van der Waals surface area contributed by atoms with Crippen molar-refractivity contribution in [2.75, 3.05) is 0 Å². The molecule has 18 heavy (non-hydrogen) atoms. The van der Waals surface area contributed by atoms with Crippen LogP contribution in [0.5, 0.6) is 0 Å². The first-order chi connectivity index (χ1) is 8.76. The molecule has 102 valence electrons. The average Bonchev–Trinajstić information content (AvgIpc) is 2.39. The van der Waals surface area contributed by atoms with E-state index in [2.05, 4.69) is 45.3 Å². The minimum Gasteiger partial charge on any atom is -0.0979 e. The van der Waals surface area contributed by atoms with Gasteiger partial charge in [0, 0.05) is 12.0 Å². The highest BCUT2D eigenvalue weighted by Crippen LogP contribution is 2.16. The van der Waals surface area contributed by atoms with Crippen molar-refractivity contribution in [2.45, 2.75) is 78.6 Å².